The number of nitrogens with zero attached hydrogens (tertiary/aromatic N) is 3. The molecule has 0 unspecified atom stereocenters. The minimum Gasteiger partial charge on any atom is -0.507 e. The molecule has 142 valence electrons. The van der Waals surface area contributed by atoms with Crippen LogP contribution in [0.2, 0.25) is 0 Å². The van der Waals surface area contributed by atoms with Crippen molar-refractivity contribution in [2.45, 2.75) is 12.8 Å². The Hall–Kier alpha value is -3.29. The highest BCUT2D eigenvalue weighted by atomic mass is 19.1. The zero-order valence-electron chi connectivity index (χ0n) is 15.0. The summed E-state index contributed by atoms with van der Waals surface area (Å²) in [6, 6.07) is 6.02. The Morgan fingerprint density at radius 1 is 1.26 bits per heavy atom. The number of rotatable bonds is 5. The topological polar surface area (TPSA) is 111 Å². The molecule has 0 atom stereocenters. The molecule has 27 heavy (non-hydrogen) atoms. The van der Waals surface area contributed by atoms with Gasteiger partial charge >= 0.3 is 0 Å². The Balaban J connectivity index is 1.92. The summed E-state index contributed by atoms with van der Waals surface area (Å²) in [6.45, 7) is 1.91. The number of anilines is 1. The number of halogens is 1. The highest BCUT2D eigenvalue weighted by Crippen LogP contribution is 2.33. The SMILES string of the molecule is CO/C(N)=C/C(=C\N)c1cc(O)c(-c2ccc(N3CCCC3)nn2)cc1F. The maximum Gasteiger partial charge on any atom is 0.184 e. The van der Waals surface area contributed by atoms with E-state index in [1.807, 2.05) is 6.07 Å². The summed E-state index contributed by atoms with van der Waals surface area (Å²) in [5.74, 6) is 0.128. The third-order valence-corrected chi connectivity index (χ3v) is 4.47. The zero-order chi connectivity index (χ0) is 19.4. The molecule has 0 amide bonds. The van der Waals surface area contributed by atoms with Gasteiger partial charge in [0.05, 0.1) is 12.8 Å². The van der Waals surface area contributed by atoms with Crippen molar-refractivity contribution in [1.29, 1.82) is 0 Å². The van der Waals surface area contributed by atoms with Crippen LogP contribution in [-0.4, -0.2) is 35.5 Å². The van der Waals surface area contributed by atoms with Gasteiger partial charge in [-0.25, -0.2) is 4.39 Å². The molecule has 1 fully saturated rings. The summed E-state index contributed by atoms with van der Waals surface area (Å²) in [5.41, 5.74) is 12.2. The number of ether oxygens (including phenoxy) is 1. The van der Waals surface area contributed by atoms with E-state index in [4.69, 9.17) is 16.2 Å². The average molecular weight is 371 g/mol. The fraction of sp³-hybridized carbons (Fsp3) is 0.263. The molecule has 5 N–H and O–H groups in total. The van der Waals surface area contributed by atoms with Crippen LogP contribution in [-0.2, 0) is 4.74 Å². The number of nitrogens with two attached hydrogens (primary N) is 2. The molecule has 2 heterocycles. The van der Waals surface area contributed by atoms with E-state index < -0.39 is 5.82 Å². The van der Waals surface area contributed by atoms with Gasteiger partial charge in [-0.3, -0.25) is 0 Å². The first-order chi connectivity index (χ1) is 13.0. The van der Waals surface area contributed by atoms with Crippen molar-refractivity contribution in [1.82, 2.24) is 10.2 Å². The molecule has 3 rings (SSSR count). The van der Waals surface area contributed by atoms with Crippen LogP contribution < -0.4 is 16.4 Å². The second kappa shape index (κ2) is 7.94. The molecule has 0 saturated carbocycles. The Morgan fingerprint density at radius 3 is 2.59 bits per heavy atom. The fourth-order valence-corrected chi connectivity index (χ4v) is 3.00. The second-order valence-electron chi connectivity index (χ2n) is 6.19. The number of phenolic OH excluding ortho intramolecular Hbond substituents is 1. The summed E-state index contributed by atoms with van der Waals surface area (Å²) >= 11 is 0. The van der Waals surface area contributed by atoms with Gasteiger partial charge in [-0.05, 0) is 37.1 Å². The molecule has 1 aromatic carbocycles. The van der Waals surface area contributed by atoms with E-state index in [-0.39, 0.29) is 28.3 Å². The van der Waals surface area contributed by atoms with E-state index in [2.05, 4.69) is 15.1 Å². The second-order valence-corrected chi connectivity index (χ2v) is 6.19. The van der Waals surface area contributed by atoms with Gasteiger partial charge in [-0.1, -0.05) is 0 Å². The van der Waals surface area contributed by atoms with Gasteiger partial charge < -0.3 is 26.2 Å². The van der Waals surface area contributed by atoms with E-state index in [0.717, 1.165) is 31.7 Å². The Bertz CT molecular complexity index is 874. The van der Waals surface area contributed by atoms with Gasteiger partial charge in [0.15, 0.2) is 11.7 Å². The third kappa shape index (κ3) is 3.94. The number of hydrogen-bond acceptors (Lipinski definition) is 7. The van der Waals surface area contributed by atoms with Crippen molar-refractivity contribution in [3.63, 3.8) is 0 Å². The molecular weight excluding hydrogens is 349 g/mol. The largest absolute Gasteiger partial charge is 0.507 e. The Morgan fingerprint density at radius 2 is 2.00 bits per heavy atom. The standard InChI is InChI=1S/C19H22FN5O2/c1-27-18(22)8-12(11-21)13-10-17(26)14(9-15(13)20)16-4-5-19(24-23-16)25-6-2-3-7-25/h4-5,8-11,26H,2-3,6-7,21-22H2,1H3/b12-11+,18-8+. The van der Waals surface area contributed by atoms with Crippen LogP contribution in [0.5, 0.6) is 5.75 Å². The van der Waals surface area contributed by atoms with Crippen molar-refractivity contribution >= 4 is 11.4 Å². The predicted octanol–water partition coefficient (Wildman–Crippen LogP) is 2.33. The van der Waals surface area contributed by atoms with Crippen LogP contribution in [0, 0.1) is 5.82 Å². The molecule has 2 aromatic rings. The maximum atomic E-state index is 14.7. The molecule has 0 bridgehead atoms. The number of allylic oxidation sites excluding steroid dienone is 2. The lowest BCUT2D eigenvalue weighted by Crippen LogP contribution is -2.19. The highest BCUT2D eigenvalue weighted by molar-refractivity contribution is 5.78. The molecule has 1 aliphatic heterocycles. The minimum absolute atomic E-state index is 0.0676. The van der Waals surface area contributed by atoms with Gasteiger partial charge in [0.2, 0.25) is 0 Å². The smallest absolute Gasteiger partial charge is 0.184 e. The lowest BCUT2D eigenvalue weighted by molar-refractivity contribution is 0.288. The molecule has 0 aliphatic carbocycles. The van der Waals surface area contributed by atoms with Gasteiger partial charge in [0.1, 0.15) is 11.6 Å². The number of aromatic hydroxyl groups is 1. The van der Waals surface area contributed by atoms with Gasteiger partial charge in [-0.15, -0.1) is 10.2 Å². The first-order valence-corrected chi connectivity index (χ1v) is 8.58. The van der Waals surface area contributed by atoms with Crippen molar-refractivity contribution in [2.24, 2.45) is 11.5 Å². The average Bonchev–Trinajstić information content (AvgIpc) is 3.22. The number of benzene rings is 1. The molecule has 7 nitrogen and oxygen atoms in total. The highest BCUT2D eigenvalue weighted by Gasteiger charge is 2.17. The summed E-state index contributed by atoms with van der Waals surface area (Å²) < 4.78 is 19.5. The first kappa shape index (κ1) is 18.5. The quantitative estimate of drug-likeness (QED) is 0.546. The molecule has 8 heteroatoms. The lowest BCUT2D eigenvalue weighted by atomic mass is 10.0. The summed E-state index contributed by atoms with van der Waals surface area (Å²) in [7, 11) is 1.39. The van der Waals surface area contributed by atoms with Crippen molar-refractivity contribution in [3.05, 3.63) is 53.8 Å². The fourth-order valence-electron chi connectivity index (χ4n) is 3.00. The monoisotopic (exact) mass is 371 g/mol. The number of methoxy groups -OCH3 is 1. The minimum atomic E-state index is -0.579. The van der Waals surface area contributed by atoms with E-state index in [9.17, 15) is 9.50 Å². The van der Waals surface area contributed by atoms with E-state index in [1.165, 1.54) is 31.5 Å². The molecule has 1 aromatic heterocycles. The zero-order valence-corrected chi connectivity index (χ0v) is 15.0. The molecular formula is C19H22FN5O2. The Kier molecular flexibility index (Phi) is 5.44. The van der Waals surface area contributed by atoms with Crippen molar-refractivity contribution in [3.8, 4) is 17.0 Å². The number of aromatic nitrogens is 2. The summed E-state index contributed by atoms with van der Waals surface area (Å²) in [4.78, 5) is 2.14. The predicted molar refractivity (Wildman–Crippen MR) is 102 cm³/mol. The van der Waals surface area contributed by atoms with Crippen LogP contribution in [0.15, 0.2) is 42.4 Å². The van der Waals surface area contributed by atoms with Crippen molar-refractivity contribution < 1.29 is 14.2 Å². The van der Waals surface area contributed by atoms with Crippen LogP contribution in [0.1, 0.15) is 18.4 Å². The van der Waals surface area contributed by atoms with Crippen molar-refractivity contribution in [2.75, 3.05) is 25.1 Å². The molecule has 0 radical (unpaired) electrons. The first-order valence-electron chi connectivity index (χ1n) is 8.58. The summed E-state index contributed by atoms with van der Waals surface area (Å²) in [5, 5.41) is 18.7. The van der Waals surface area contributed by atoms with Crippen LogP contribution in [0.25, 0.3) is 16.8 Å². The Labute approximate surface area is 156 Å². The third-order valence-electron chi connectivity index (χ3n) is 4.47. The van der Waals surface area contributed by atoms with E-state index >= 15 is 0 Å². The normalized spacial score (nSPS) is 15.3. The van der Waals surface area contributed by atoms with E-state index in [0.29, 0.717) is 5.69 Å². The number of hydrogen-bond donors (Lipinski definition) is 3. The van der Waals surface area contributed by atoms with Crippen LogP contribution in [0.4, 0.5) is 10.2 Å². The van der Waals surface area contributed by atoms with Gasteiger partial charge in [0.25, 0.3) is 0 Å². The summed E-state index contributed by atoms with van der Waals surface area (Å²) in [6.07, 6.45) is 4.84. The van der Waals surface area contributed by atoms with Gasteiger partial charge in [0, 0.05) is 42.1 Å². The van der Waals surface area contributed by atoms with Crippen LogP contribution >= 0.6 is 0 Å². The molecule has 0 spiro atoms. The molecule has 1 aliphatic rings. The lowest BCUT2D eigenvalue weighted by Gasteiger charge is -2.15. The van der Waals surface area contributed by atoms with E-state index in [1.54, 1.807) is 6.07 Å². The molecule has 1 saturated heterocycles. The maximum absolute atomic E-state index is 14.7. The van der Waals surface area contributed by atoms with Gasteiger partial charge in [-0.2, -0.15) is 0 Å². The number of phenols is 1. The van der Waals surface area contributed by atoms with Crippen LogP contribution in [0.3, 0.4) is 0 Å².